The third-order valence-corrected chi connectivity index (χ3v) is 3.88. The zero-order valence-electron chi connectivity index (χ0n) is 9.19. The maximum Gasteiger partial charge on any atom is 0.187 e. The number of rotatable bonds is 3. The molecule has 0 unspecified atom stereocenters. The second-order valence-corrected chi connectivity index (χ2v) is 5.30. The summed E-state index contributed by atoms with van der Waals surface area (Å²) in [4.78, 5) is 5.93. The molecule has 1 aliphatic rings. The number of thiocarbonyl (C=S) groups is 1. The predicted molar refractivity (Wildman–Crippen MR) is 72.9 cm³/mol. The van der Waals surface area contributed by atoms with Gasteiger partial charge in [-0.2, -0.15) is 5.26 Å². The molecular formula is C11H12N4S2. The van der Waals surface area contributed by atoms with Crippen LogP contribution in [0.3, 0.4) is 0 Å². The number of aromatic nitrogens is 1. The number of thiazole rings is 1. The number of nitrogens with zero attached hydrogens (tertiary/aromatic N) is 2. The Hall–Kier alpha value is -1.45. The van der Waals surface area contributed by atoms with Gasteiger partial charge in [0.1, 0.15) is 16.6 Å². The normalized spacial score (nSPS) is 14.9. The summed E-state index contributed by atoms with van der Waals surface area (Å²) in [5.41, 5.74) is 6.85. The minimum absolute atomic E-state index is 0.0984. The Morgan fingerprint density at radius 2 is 2.29 bits per heavy atom. The highest BCUT2D eigenvalue weighted by molar-refractivity contribution is 7.80. The molecule has 0 spiro atoms. The van der Waals surface area contributed by atoms with Crippen LogP contribution in [0.15, 0.2) is 11.8 Å². The van der Waals surface area contributed by atoms with E-state index in [1.54, 1.807) is 11.3 Å². The number of hydrogen-bond acceptors (Lipinski definition) is 5. The summed E-state index contributed by atoms with van der Waals surface area (Å²) < 4.78 is 0. The zero-order chi connectivity index (χ0) is 12.3. The molecule has 1 aromatic rings. The van der Waals surface area contributed by atoms with Crippen molar-refractivity contribution in [2.75, 3.05) is 5.32 Å². The molecule has 1 aliphatic carbocycles. The Labute approximate surface area is 109 Å². The van der Waals surface area contributed by atoms with Gasteiger partial charge in [0, 0.05) is 11.1 Å². The maximum absolute atomic E-state index is 8.79. The minimum Gasteiger partial charge on any atom is -0.389 e. The van der Waals surface area contributed by atoms with Crippen molar-refractivity contribution in [2.24, 2.45) is 5.73 Å². The third kappa shape index (κ3) is 2.81. The highest BCUT2D eigenvalue weighted by Gasteiger charge is 2.14. The lowest BCUT2D eigenvalue weighted by Crippen LogP contribution is -2.11. The number of fused-ring (bicyclic) bond motifs is 1. The molecule has 0 saturated carbocycles. The van der Waals surface area contributed by atoms with E-state index >= 15 is 0 Å². The number of aryl methyl sites for hydroxylation is 2. The molecule has 1 heterocycles. The Bertz CT molecular complexity index is 487. The number of anilines is 1. The van der Waals surface area contributed by atoms with E-state index in [0.29, 0.717) is 0 Å². The molecular weight excluding hydrogens is 252 g/mol. The average Bonchev–Trinajstić information content (AvgIpc) is 2.71. The van der Waals surface area contributed by atoms with Gasteiger partial charge in [0.2, 0.25) is 0 Å². The molecule has 1 aromatic heterocycles. The van der Waals surface area contributed by atoms with Crippen LogP contribution < -0.4 is 11.1 Å². The Morgan fingerprint density at radius 1 is 1.53 bits per heavy atom. The number of nitriles is 1. The number of hydrogen-bond donors (Lipinski definition) is 2. The van der Waals surface area contributed by atoms with Crippen LogP contribution in [-0.4, -0.2) is 9.97 Å². The molecule has 4 nitrogen and oxygen atoms in total. The lowest BCUT2D eigenvalue weighted by Gasteiger charge is -2.06. The van der Waals surface area contributed by atoms with Gasteiger partial charge in [-0.1, -0.05) is 12.2 Å². The monoisotopic (exact) mass is 264 g/mol. The van der Waals surface area contributed by atoms with Crippen molar-refractivity contribution in [3.05, 3.63) is 22.3 Å². The largest absolute Gasteiger partial charge is 0.389 e. The van der Waals surface area contributed by atoms with Gasteiger partial charge >= 0.3 is 0 Å². The van der Waals surface area contributed by atoms with Crippen molar-refractivity contribution in [2.45, 2.75) is 25.7 Å². The minimum atomic E-state index is 0.0984. The Morgan fingerprint density at radius 3 is 2.94 bits per heavy atom. The molecule has 0 bridgehead atoms. The molecule has 6 heteroatoms. The van der Waals surface area contributed by atoms with Crippen molar-refractivity contribution in [3.63, 3.8) is 0 Å². The van der Waals surface area contributed by atoms with Gasteiger partial charge in [-0.05, 0) is 25.7 Å². The van der Waals surface area contributed by atoms with E-state index in [4.69, 9.17) is 23.2 Å². The van der Waals surface area contributed by atoms with E-state index in [1.165, 1.54) is 29.6 Å². The molecule has 0 fully saturated rings. The molecule has 17 heavy (non-hydrogen) atoms. The first-order valence-corrected chi connectivity index (χ1v) is 6.58. The highest BCUT2D eigenvalue weighted by atomic mass is 32.1. The van der Waals surface area contributed by atoms with Crippen LogP contribution in [0.25, 0.3) is 0 Å². The molecule has 88 valence electrons. The van der Waals surface area contributed by atoms with E-state index in [2.05, 4.69) is 10.3 Å². The fourth-order valence-corrected chi connectivity index (χ4v) is 2.83. The molecule has 3 N–H and O–H groups in total. The van der Waals surface area contributed by atoms with Gasteiger partial charge in [0.15, 0.2) is 5.13 Å². The summed E-state index contributed by atoms with van der Waals surface area (Å²) in [7, 11) is 0. The second-order valence-electron chi connectivity index (χ2n) is 3.77. The van der Waals surface area contributed by atoms with Crippen LogP contribution in [0.5, 0.6) is 0 Å². The standard InChI is InChI=1S/C11H12N4S2/c12-5-7(10(13)16)6-14-11-15-8-3-1-2-4-9(8)17-11/h6H,1-4H2,(H2,13,16)(H,14,15)/b7-6+. The summed E-state index contributed by atoms with van der Waals surface area (Å²) in [5, 5.41) is 12.6. The van der Waals surface area contributed by atoms with Gasteiger partial charge in [-0.3, -0.25) is 0 Å². The van der Waals surface area contributed by atoms with E-state index in [0.717, 1.165) is 18.0 Å². The first-order chi connectivity index (χ1) is 8.20. The van der Waals surface area contributed by atoms with Crippen molar-refractivity contribution in [1.29, 1.82) is 5.26 Å². The first kappa shape index (κ1) is 12.0. The summed E-state index contributed by atoms with van der Waals surface area (Å²) in [6, 6.07) is 1.94. The fraction of sp³-hybridized carbons (Fsp3) is 0.364. The third-order valence-electron chi connectivity index (χ3n) is 2.57. The fourth-order valence-electron chi connectivity index (χ4n) is 1.71. The van der Waals surface area contributed by atoms with Crippen molar-refractivity contribution < 1.29 is 0 Å². The lowest BCUT2D eigenvalue weighted by atomic mass is 10.0. The van der Waals surface area contributed by atoms with Gasteiger partial charge < -0.3 is 11.1 Å². The van der Waals surface area contributed by atoms with E-state index < -0.39 is 0 Å². The van der Waals surface area contributed by atoms with Crippen molar-refractivity contribution in [3.8, 4) is 6.07 Å². The molecule has 0 aliphatic heterocycles. The summed E-state index contributed by atoms with van der Waals surface area (Å²) >= 11 is 6.39. The molecule has 2 rings (SSSR count). The van der Waals surface area contributed by atoms with Crippen LogP contribution in [0, 0.1) is 11.3 Å². The van der Waals surface area contributed by atoms with Crippen LogP contribution in [0.2, 0.25) is 0 Å². The number of nitrogens with one attached hydrogen (secondary N) is 1. The lowest BCUT2D eigenvalue weighted by molar-refractivity contribution is 0.683. The van der Waals surface area contributed by atoms with Gasteiger partial charge in [-0.25, -0.2) is 4.98 Å². The molecule has 0 atom stereocenters. The Balaban J connectivity index is 2.12. The van der Waals surface area contributed by atoms with Crippen LogP contribution in [-0.2, 0) is 12.8 Å². The molecule has 0 saturated heterocycles. The highest BCUT2D eigenvalue weighted by Crippen LogP contribution is 2.29. The van der Waals surface area contributed by atoms with E-state index in [9.17, 15) is 0 Å². The van der Waals surface area contributed by atoms with Crippen LogP contribution in [0.1, 0.15) is 23.4 Å². The van der Waals surface area contributed by atoms with Crippen LogP contribution in [0.4, 0.5) is 5.13 Å². The quantitative estimate of drug-likeness (QED) is 0.497. The first-order valence-electron chi connectivity index (χ1n) is 5.36. The van der Waals surface area contributed by atoms with Gasteiger partial charge in [-0.15, -0.1) is 11.3 Å². The van der Waals surface area contributed by atoms with Crippen LogP contribution >= 0.6 is 23.6 Å². The van der Waals surface area contributed by atoms with E-state index in [1.807, 2.05) is 6.07 Å². The zero-order valence-corrected chi connectivity index (χ0v) is 10.8. The molecule has 0 aromatic carbocycles. The maximum atomic E-state index is 8.79. The Kier molecular flexibility index (Phi) is 3.71. The summed E-state index contributed by atoms with van der Waals surface area (Å²) in [5.74, 6) is 0. The topological polar surface area (TPSA) is 74.7 Å². The van der Waals surface area contributed by atoms with Crippen molar-refractivity contribution in [1.82, 2.24) is 4.98 Å². The van der Waals surface area contributed by atoms with Gasteiger partial charge in [0.05, 0.1) is 5.69 Å². The molecule has 0 amide bonds. The summed E-state index contributed by atoms with van der Waals surface area (Å²) in [6.45, 7) is 0. The average molecular weight is 264 g/mol. The smallest absolute Gasteiger partial charge is 0.187 e. The predicted octanol–water partition coefficient (Wildman–Crippen LogP) is 2.13. The molecule has 0 radical (unpaired) electrons. The SMILES string of the molecule is N#C/C(=C\Nc1nc2c(s1)CCCC2)C(N)=S. The van der Waals surface area contributed by atoms with Gasteiger partial charge in [0.25, 0.3) is 0 Å². The second kappa shape index (κ2) is 5.25. The summed E-state index contributed by atoms with van der Waals surface area (Å²) in [6.07, 6.45) is 6.13. The number of nitrogens with two attached hydrogens (primary N) is 1. The van der Waals surface area contributed by atoms with E-state index in [-0.39, 0.29) is 10.6 Å². The van der Waals surface area contributed by atoms with Crippen molar-refractivity contribution >= 4 is 33.7 Å².